The molecule has 0 spiro atoms. The van der Waals surface area contributed by atoms with E-state index in [4.69, 9.17) is 0 Å². The van der Waals surface area contributed by atoms with Crippen molar-refractivity contribution in [3.63, 3.8) is 0 Å². The second-order valence-corrected chi connectivity index (χ2v) is 5.19. The summed E-state index contributed by atoms with van der Waals surface area (Å²) in [5.74, 6) is -0.217. The zero-order valence-electron chi connectivity index (χ0n) is 11.0. The van der Waals surface area contributed by atoms with Gasteiger partial charge in [-0.2, -0.15) is 13.2 Å². The molecule has 0 bridgehead atoms. The van der Waals surface area contributed by atoms with Crippen molar-refractivity contribution in [3.05, 3.63) is 46.5 Å². The van der Waals surface area contributed by atoms with Gasteiger partial charge >= 0.3 is 6.18 Å². The third kappa shape index (κ3) is 3.94. The second kappa shape index (κ2) is 6.13. The molecule has 2 rings (SSSR count). The van der Waals surface area contributed by atoms with Crippen LogP contribution in [0.25, 0.3) is 0 Å². The summed E-state index contributed by atoms with van der Waals surface area (Å²) in [6.07, 6.45) is -3.58. The molecule has 0 unspecified atom stereocenters. The van der Waals surface area contributed by atoms with Crippen molar-refractivity contribution in [2.24, 2.45) is 0 Å². The summed E-state index contributed by atoms with van der Waals surface area (Å²) in [4.78, 5) is 14.4. The number of hydrogen-bond donors (Lipinski definition) is 2. The van der Waals surface area contributed by atoms with Gasteiger partial charge in [-0.3, -0.25) is 4.79 Å². The van der Waals surface area contributed by atoms with E-state index in [0.717, 1.165) is 11.8 Å². The van der Waals surface area contributed by atoms with Gasteiger partial charge in [-0.1, -0.05) is 23.5 Å². The molecule has 1 amide bonds. The Morgan fingerprint density at radius 3 is 2.76 bits per heavy atom. The van der Waals surface area contributed by atoms with Gasteiger partial charge in [0.1, 0.15) is 4.88 Å². The van der Waals surface area contributed by atoms with Gasteiger partial charge in [-0.15, -0.1) is 0 Å². The maximum absolute atomic E-state index is 12.4. The number of alkyl halides is 3. The van der Waals surface area contributed by atoms with Crippen LogP contribution in [-0.2, 0) is 12.7 Å². The van der Waals surface area contributed by atoms with Gasteiger partial charge in [-0.05, 0) is 17.7 Å². The maximum Gasteiger partial charge on any atom is 0.427 e. The second-order valence-electron chi connectivity index (χ2n) is 4.16. The van der Waals surface area contributed by atoms with Crippen LogP contribution in [0.4, 0.5) is 18.3 Å². The highest BCUT2D eigenvalue weighted by Crippen LogP contribution is 2.35. The molecule has 0 saturated carbocycles. The van der Waals surface area contributed by atoms with Crippen LogP contribution in [0.2, 0.25) is 0 Å². The van der Waals surface area contributed by atoms with Crippen LogP contribution in [0, 0.1) is 0 Å². The van der Waals surface area contributed by atoms with Crippen LogP contribution >= 0.6 is 11.3 Å². The van der Waals surface area contributed by atoms with Crippen LogP contribution in [0.5, 0.6) is 0 Å². The van der Waals surface area contributed by atoms with Crippen LogP contribution in [0.3, 0.4) is 0 Å². The number of nitrogens with one attached hydrogen (secondary N) is 2. The van der Waals surface area contributed by atoms with Gasteiger partial charge in [-0.25, -0.2) is 4.98 Å². The minimum atomic E-state index is -4.38. The lowest BCUT2D eigenvalue weighted by atomic mass is 10.1. The van der Waals surface area contributed by atoms with Crippen LogP contribution < -0.4 is 10.6 Å². The normalized spacial score (nSPS) is 11.2. The Labute approximate surface area is 123 Å². The van der Waals surface area contributed by atoms with E-state index in [1.165, 1.54) is 7.05 Å². The van der Waals surface area contributed by atoms with Gasteiger partial charge in [0.15, 0.2) is 5.13 Å². The molecular formula is C13H12F3N3OS. The van der Waals surface area contributed by atoms with Crippen molar-refractivity contribution in [3.8, 4) is 0 Å². The smallest absolute Gasteiger partial charge is 0.357 e. The molecule has 1 aromatic carbocycles. The first-order valence-electron chi connectivity index (χ1n) is 5.98. The molecule has 1 aromatic heterocycles. The van der Waals surface area contributed by atoms with E-state index >= 15 is 0 Å². The molecule has 0 aliphatic carbocycles. The molecule has 0 aliphatic rings. The molecule has 0 atom stereocenters. The Morgan fingerprint density at radius 1 is 1.38 bits per heavy atom. The van der Waals surface area contributed by atoms with Crippen molar-refractivity contribution in [2.75, 3.05) is 12.4 Å². The number of halogens is 3. The molecule has 2 N–H and O–H groups in total. The van der Waals surface area contributed by atoms with Gasteiger partial charge < -0.3 is 10.6 Å². The minimum absolute atomic E-state index is 0.188. The third-order valence-corrected chi connectivity index (χ3v) is 3.64. The van der Waals surface area contributed by atoms with Crippen molar-refractivity contribution in [1.82, 2.24) is 10.3 Å². The van der Waals surface area contributed by atoms with Gasteiger partial charge in [0.05, 0.1) is 6.20 Å². The number of amides is 1. The number of rotatable bonds is 4. The number of aromatic nitrogens is 1. The monoisotopic (exact) mass is 315 g/mol. The van der Waals surface area contributed by atoms with E-state index in [1.54, 1.807) is 24.3 Å². The molecule has 2 aromatic rings. The first kappa shape index (κ1) is 15.3. The standard InChI is InChI=1S/C13H12F3N3OS/c1-17-11(20)9-4-2-3-8(5-9)6-18-12-19-7-10(21-12)13(14,15)16/h2-5,7H,6H2,1H3,(H,17,20)(H,18,19). The Hall–Kier alpha value is -2.09. The molecule has 1 heterocycles. The maximum atomic E-state index is 12.4. The molecule has 0 aliphatic heterocycles. The Bertz CT molecular complexity index is 640. The average Bonchev–Trinajstić information content (AvgIpc) is 2.93. The fourth-order valence-corrected chi connectivity index (χ4v) is 2.31. The summed E-state index contributed by atoms with van der Waals surface area (Å²) in [6, 6.07) is 6.82. The minimum Gasteiger partial charge on any atom is -0.357 e. The first-order valence-corrected chi connectivity index (χ1v) is 6.79. The van der Waals surface area contributed by atoms with E-state index in [2.05, 4.69) is 15.6 Å². The Kier molecular flexibility index (Phi) is 4.46. The quantitative estimate of drug-likeness (QED) is 0.911. The van der Waals surface area contributed by atoms with Gasteiger partial charge in [0.25, 0.3) is 5.91 Å². The molecule has 0 radical (unpaired) electrons. The molecular weight excluding hydrogens is 303 g/mol. The largest absolute Gasteiger partial charge is 0.427 e. The lowest BCUT2D eigenvalue weighted by Gasteiger charge is -2.05. The highest BCUT2D eigenvalue weighted by Gasteiger charge is 2.33. The summed E-state index contributed by atoms with van der Waals surface area (Å²) < 4.78 is 37.3. The van der Waals surface area contributed by atoms with Crippen molar-refractivity contribution < 1.29 is 18.0 Å². The van der Waals surface area contributed by atoms with Crippen molar-refractivity contribution in [1.29, 1.82) is 0 Å². The predicted octanol–water partition coefficient (Wildman–Crippen LogP) is 3.13. The Morgan fingerprint density at radius 2 is 2.14 bits per heavy atom. The lowest BCUT2D eigenvalue weighted by Crippen LogP contribution is -2.17. The highest BCUT2D eigenvalue weighted by molar-refractivity contribution is 7.15. The van der Waals surface area contributed by atoms with Gasteiger partial charge in [0, 0.05) is 19.2 Å². The number of hydrogen-bond acceptors (Lipinski definition) is 4. The summed E-state index contributed by atoms with van der Waals surface area (Å²) >= 11 is 0.548. The zero-order chi connectivity index (χ0) is 15.5. The molecule has 112 valence electrons. The molecule has 8 heteroatoms. The predicted molar refractivity (Wildman–Crippen MR) is 74.3 cm³/mol. The summed E-state index contributed by atoms with van der Waals surface area (Å²) in [5.41, 5.74) is 1.27. The number of nitrogens with zero attached hydrogens (tertiary/aromatic N) is 1. The fraction of sp³-hybridized carbons (Fsp3) is 0.231. The molecule has 4 nitrogen and oxygen atoms in total. The van der Waals surface area contributed by atoms with E-state index < -0.39 is 11.1 Å². The number of carbonyl (C=O) groups is 1. The summed E-state index contributed by atoms with van der Waals surface area (Å²) in [5, 5.41) is 5.51. The van der Waals surface area contributed by atoms with E-state index in [1.807, 2.05) is 0 Å². The highest BCUT2D eigenvalue weighted by atomic mass is 32.1. The van der Waals surface area contributed by atoms with E-state index in [0.29, 0.717) is 16.9 Å². The number of anilines is 1. The molecule has 21 heavy (non-hydrogen) atoms. The fourth-order valence-electron chi connectivity index (χ4n) is 1.63. The zero-order valence-corrected chi connectivity index (χ0v) is 11.8. The lowest BCUT2D eigenvalue weighted by molar-refractivity contribution is -0.134. The Balaban J connectivity index is 2.03. The third-order valence-electron chi connectivity index (χ3n) is 2.65. The number of thiazole rings is 1. The van der Waals surface area contributed by atoms with E-state index in [-0.39, 0.29) is 17.6 Å². The molecule has 0 fully saturated rings. The SMILES string of the molecule is CNC(=O)c1cccc(CNc2ncc(C(F)(F)F)s2)c1. The van der Waals surface area contributed by atoms with Gasteiger partial charge in [0.2, 0.25) is 0 Å². The van der Waals surface area contributed by atoms with Crippen LogP contribution in [0.15, 0.2) is 30.5 Å². The van der Waals surface area contributed by atoms with E-state index in [9.17, 15) is 18.0 Å². The van der Waals surface area contributed by atoms with Crippen molar-refractivity contribution in [2.45, 2.75) is 12.7 Å². The number of carbonyl (C=O) groups excluding carboxylic acids is 1. The van der Waals surface area contributed by atoms with Crippen molar-refractivity contribution >= 4 is 22.4 Å². The van der Waals surface area contributed by atoms with Crippen LogP contribution in [-0.4, -0.2) is 17.9 Å². The molecule has 0 saturated heterocycles. The first-order chi connectivity index (χ1) is 9.90. The summed E-state index contributed by atoms with van der Waals surface area (Å²) in [7, 11) is 1.53. The number of benzene rings is 1. The topological polar surface area (TPSA) is 54.0 Å². The van der Waals surface area contributed by atoms with Crippen LogP contribution in [0.1, 0.15) is 20.8 Å². The average molecular weight is 315 g/mol. The summed E-state index contributed by atoms with van der Waals surface area (Å²) in [6.45, 7) is 0.287.